The van der Waals surface area contributed by atoms with Crippen LogP contribution in [0.5, 0.6) is 0 Å². The van der Waals surface area contributed by atoms with Gasteiger partial charge in [-0.15, -0.1) is 0 Å². The Labute approximate surface area is 140 Å². The molecule has 0 unspecified atom stereocenters. The number of hydrogen-bond acceptors (Lipinski definition) is 0. The van der Waals surface area contributed by atoms with Gasteiger partial charge in [-0.25, -0.2) is 0 Å². The van der Waals surface area contributed by atoms with Crippen LogP contribution in [0.25, 0.3) is 12.2 Å². The molecule has 2 aliphatic rings. The molecule has 23 heavy (non-hydrogen) atoms. The summed E-state index contributed by atoms with van der Waals surface area (Å²) in [5.74, 6) is 0. The van der Waals surface area contributed by atoms with E-state index >= 15 is 0 Å². The molecule has 0 heterocycles. The Morgan fingerprint density at radius 2 is 1.04 bits per heavy atom. The molecule has 0 saturated carbocycles. The number of benzene rings is 2. The highest BCUT2D eigenvalue weighted by atomic mass is 28.3. The molecule has 0 aromatic heterocycles. The van der Waals surface area contributed by atoms with E-state index in [4.69, 9.17) is 0 Å². The van der Waals surface area contributed by atoms with Gasteiger partial charge in [-0.2, -0.15) is 0 Å². The van der Waals surface area contributed by atoms with Gasteiger partial charge in [0.2, 0.25) is 0 Å². The fourth-order valence-electron chi connectivity index (χ4n) is 5.10. The van der Waals surface area contributed by atoms with Crippen molar-refractivity contribution in [2.75, 3.05) is 0 Å². The van der Waals surface area contributed by atoms with E-state index in [0.717, 1.165) is 0 Å². The lowest BCUT2D eigenvalue weighted by Gasteiger charge is -2.39. The van der Waals surface area contributed by atoms with Crippen LogP contribution in [-0.4, -0.2) is 8.07 Å². The summed E-state index contributed by atoms with van der Waals surface area (Å²) in [5, 5.41) is 0. The molecule has 116 valence electrons. The monoisotopic (exact) mass is 316 g/mol. The Hall–Kier alpha value is -1.86. The van der Waals surface area contributed by atoms with Crippen molar-refractivity contribution in [3.8, 4) is 0 Å². The first kappa shape index (κ1) is 14.7. The average molecular weight is 317 g/mol. The van der Waals surface area contributed by atoms with Crippen LogP contribution in [0, 0.1) is 0 Å². The van der Waals surface area contributed by atoms with E-state index in [1.165, 1.54) is 11.1 Å². The van der Waals surface area contributed by atoms with Gasteiger partial charge in [0.25, 0.3) is 0 Å². The Morgan fingerprint density at radius 1 is 0.652 bits per heavy atom. The molecule has 0 bridgehead atoms. The van der Waals surface area contributed by atoms with Gasteiger partial charge >= 0.3 is 0 Å². The summed E-state index contributed by atoms with van der Waals surface area (Å²) in [5.41, 5.74) is 10.3. The van der Waals surface area contributed by atoms with Crippen molar-refractivity contribution in [2.45, 2.75) is 38.0 Å². The highest BCUT2D eigenvalue weighted by Gasteiger charge is 2.46. The predicted molar refractivity (Wildman–Crippen MR) is 103 cm³/mol. The molecule has 2 aromatic rings. The van der Waals surface area contributed by atoms with Crippen LogP contribution in [0.2, 0.25) is 13.1 Å². The molecule has 0 radical (unpaired) electrons. The first-order valence-electron chi connectivity index (χ1n) is 8.54. The largest absolute Gasteiger partial charge is 0.0722 e. The van der Waals surface area contributed by atoms with Crippen molar-refractivity contribution < 1.29 is 0 Å². The number of rotatable bonds is 2. The van der Waals surface area contributed by atoms with E-state index < -0.39 is 8.07 Å². The summed E-state index contributed by atoms with van der Waals surface area (Å²) in [6.07, 6.45) is 4.82. The predicted octanol–water partition coefficient (Wildman–Crippen LogP) is 6.17. The zero-order chi connectivity index (χ0) is 16.2. The zero-order valence-electron chi connectivity index (χ0n) is 14.4. The number of fused-ring (bicyclic) bond motifs is 2. The van der Waals surface area contributed by atoms with E-state index in [9.17, 15) is 0 Å². The van der Waals surface area contributed by atoms with Gasteiger partial charge in [0, 0.05) is 11.1 Å². The Morgan fingerprint density at radius 3 is 1.48 bits per heavy atom. The second-order valence-electron chi connectivity index (χ2n) is 7.72. The summed E-state index contributed by atoms with van der Waals surface area (Å²) < 4.78 is 0. The quantitative estimate of drug-likeness (QED) is 0.581. The van der Waals surface area contributed by atoms with Gasteiger partial charge in [-0.3, -0.25) is 0 Å². The van der Waals surface area contributed by atoms with Crippen molar-refractivity contribution in [2.24, 2.45) is 0 Å². The van der Waals surface area contributed by atoms with Gasteiger partial charge in [-0.05, 0) is 36.1 Å². The van der Waals surface area contributed by atoms with Crippen LogP contribution in [0.1, 0.15) is 47.2 Å². The molecule has 4 rings (SSSR count). The van der Waals surface area contributed by atoms with E-state index in [1.54, 1.807) is 22.3 Å². The fourth-order valence-corrected chi connectivity index (χ4v) is 10.1. The lowest BCUT2D eigenvalue weighted by molar-refractivity contribution is 0.968. The van der Waals surface area contributed by atoms with Crippen molar-refractivity contribution in [1.29, 1.82) is 0 Å². The molecule has 2 aliphatic carbocycles. The summed E-state index contributed by atoms with van der Waals surface area (Å²) in [4.78, 5) is 0. The van der Waals surface area contributed by atoms with E-state index in [1.807, 2.05) is 0 Å². The van der Waals surface area contributed by atoms with Gasteiger partial charge in [-0.1, -0.05) is 84.9 Å². The molecule has 2 atom stereocenters. The van der Waals surface area contributed by atoms with Crippen LogP contribution in [0.4, 0.5) is 0 Å². The van der Waals surface area contributed by atoms with E-state index in [2.05, 4.69) is 87.6 Å². The molecule has 0 saturated heterocycles. The van der Waals surface area contributed by atoms with Crippen molar-refractivity contribution in [3.63, 3.8) is 0 Å². The maximum atomic E-state index is 2.58. The first-order valence-corrected chi connectivity index (χ1v) is 11.7. The molecule has 0 nitrogen and oxygen atoms in total. The maximum absolute atomic E-state index is 2.58. The fraction of sp³-hybridized carbons (Fsp3) is 0.273. The third-order valence-corrected chi connectivity index (χ3v) is 10.3. The molecule has 1 heteroatoms. The van der Waals surface area contributed by atoms with Gasteiger partial charge < -0.3 is 0 Å². The van der Waals surface area contributed by atoms with Crippen LogP contribution in [-0.2, 0) is 0 Å². The lowest BCUT2D eigenvalue weighted by atomic mass is 10.1. The lowest BCUT2D eigenvalue weighted by Crippen LogP contribution is -2.42. The van der Waals surface area contributed by atoms with Gasteiger partial charge in [0.1, 0.15) is 0 Å². The highest BCUT2D eigenvalue weighted by Crippen LogP contribution is 2.51. The average Bonchev–Trinajstić information content (AvgIpc) is 3.02. The molecular formula is C22H24Si. The summed E-state index contributed by atoms with van der Waals surface area (Å²) in [6, 6.07) is 18.0. The summed E-state index contributed by atoms with van der Waals surface area (Å²) >= 11 is 0. The standard InChI is InChI=1S/C22H24Si/c1-15-13-17-9-5-7-11-19(17)21(15)23(3,4)22-16(2)14-18-10-6-8-12-20(18)22/h5-14,21-22H,1-4H3/t21-,22-/m1/s1. The van der Waals surface area contributed by atoms with Crippen LogP contribution in [0.15, 0.2) is 59.7 Å². The second kappa shape index (κ2) is 5.07. The third-order valence-electron chi connectivity index (χ3n) is 5.78. The molecule has 0 N–H and O–H groups in total. The van der Waals surface area contributed by atoms with E-state index in [0.29, 0.717) is 11.1 Å². The Bertz CT molecular complexity index is 769. The third kappa shape index (κ3) is 2.10. The smallest absolute Gasteiger partial charge is 0.0679 e. The highest BCUT2D eigenvalue weighted by molar-refractivity contribution is 6.81. The normalized spacial score (nSPS) is 22.4. The van der Waals surface area contributed by atoms with Crippen LogP contribution < -0.4 is 0 Å². The minimum absolute atomic E-state index is 0.623. The molecule has 0 amide bonds. The minimum atomic E-state index is -1.60. The van der Waals surface area contributed by atoms with Gasteiger partial charge in [0.05, 0.1) is 8.07 Å². The number of hydrogen-bond donors (Lipinski definition) is 0. The molecule has 0 aliphatic heterocycles. The molecule has 2 aromatic carbocycles. The van der Waals surface area contributed by atoms with Crippen molar-refractivity contribution in [1.82, 2.24) is 0 Å². The Kier molecular flexibility index (Phi) is 3.24. The topological polar surface area (TPSA) is 0 Å². The molecule has 0 spiro atoms. The summed E-state index contributed by atoms with van der Waals surface area (Å²) in [7, 11) is -1.60. The van der Waals surface area contributed by atoms with Crippen molar-refractivity contribution in [3.05, 3.63) is 81.9 Å². The molecule has 0 fully saturated rings. The first-order chi connectivity index (χ1) is 11.0. The maximum Gasteiger partial charge on any atom is 0.0722 e. The van der Waals surface area contributed by atoms with Gasteiger partial charge in [0.15, 0.2) is 0 Å². The SMILES string of the molecule is CC1=Cc2ccccc2[C@@H]1[Si](C)(C)[C@@H]1C(C)=Cc2ccccc21. The van der Waals surface area contributed by atoms with E-state index in [-0.39, 0.29) is 0 Å². The number of allylic oxidation sites excluding steroid dienone is 2. The Balaban J connectivity index is 1.84. The zero-order valence-corrected chi connectivity index (χ0v) is 15.4. The van der Waals surface area contributed by atoms with Crippen LogP contribution in [0.3, 0.4) is 0 Å². The van der Waals surface area contributed by atoms with Crippen molar-refractivity contribution >= 4 is 20.2 Å². The second-order valence-corrected chi connectivity index (χ2v) is 12.5. The minimum Gasteiger partial charge on any atom is -0.0679 e. The summed E-state index contributed by atoms with van der Waals surface area (Å²) in [6.45, 7) is 9.83. The van der Waals surface area contributed by atoms with Crippen LogP contribution >= 0.6 is 0 Å². The molecular weight excluding hydrogens is 292 g/mol.